The fourth-order valence-corrected chi connectivity index (χ4v) is 3.84. The monoisotopic (exact) mass is 460 g/mol. The number of rotatable bonds is 7. The lowest BCUT2D eigenvalue weighted by Gasteiger charge is -2.10. The minimum Gasteiger partial charge on any atom is -0.340 e. The van der Waals surface area contributed by atoms with Gasteiger partial charge >= 0.3 is 0 Å². The number of pyridine rings is 1. The van der Waals surface area contributed by atoms with Crippen molar-refractivity contribution in [2.75, 3.05) is 16.0 Å². The maximum Gasteiger partial charge on any atom is 0.228 e. The summed E-state index contributed by atoms with van der Waals surface area (Å²) in [6, 6.07) is 27.3. The molecule has 172 valence electrons. The molecule has 7 heteroatoms. The van der Waals surface area contributed by atoms with Crippen molar-refractivity contribution in [2.24, 2.45) is 0 Å². The van der Waals surface area contributed by atoms with Crippen molar-refractivity contribution < 1.29 is 4.79 Å². The summed E-state index contributed by atoms with van der Waals surface area (Å²) >= 11 is 0. The Morgan fingerprint density at radius 2 is 1.46 bits per heavy atom. The van der Waals surface area contributed by atoms with Crippen LogP contribution in [0.1, 0.15) is 11.1 Å². The zero-order valence-corrected chi connectivity index (χ0v) is 19.2. The standard InChI is InChI=1S/C28H24N6O/c1-19-13-14-29-25(15-19)34-27-17-26(30-18-31-27)32-22-9-11-23(12-10-22)33-28(35)16-21-7-4-6-20-5-2-3-8-24(20)21/h2-15,17-18H,16H2,1H3,(H,33,35)(H2,29,30,31,32,34). The first-order chi connectivity index (χ1) is 17.1. The van der Waals surface area contributed by atoms with Gasteiger partial charge in [-0.1, -0.05) is 42.5 Å². The Bertz CT molecular complexity index is 1480. The van der Waals surface area contributed by atoms with Crippen LogP contribution in [0, 0.1) is 6.92 Å². The van der Waals surface area contributed by atoms with E-state index in [0.717, 1.165) is 39.1 Å². The van der Waals surface area contributed by atoms with E-state index in [1.165, 1.54) is 6.33 Å². The van der Waals surface area contributed by atoms with Gasteiger partial charge in [0.25, 0.3) is 0 Å². The van der Waals surface area contributed by atoms with Crippen molar-refractivity contribution in [1.29, 1.82) is 0 Å². The molecular weight excluding hydrogens is 436 g/mol. The molecule has 0 atom stereocenters. The molecule has 3 aromatic carbocycles. The van der Waals surface area contributed by atoms with E-state index >= 15 is 0 Å². The number of hydrogen-bond donors (Lipinski definition) is 3. The Morgan fingerprint density at radius 3 is 2.29 bits per heavy atom. The van der Waals surface area contributed by atoms with Gasteiger partial charge in [0.05, 0.1) is 6.42 Å². The summed E-state index contributed by atoms with van der Waals surface area (Å²) in [5.74, 6) is 1.94. The normalized spacial score (nSPS) is 10.7. The molecule has 5 aromatic rings. The molecule has 3 N–H and O–H groups in total. The lowest BCUT2D eigenvalue weighted by molar-refractivity contribution is -0.115. The van der Waals surface area contributed by atoms with E-state index in [4.69, 9.17) is 0 Å². The quantitative estimate of drug-likeness (QED) is 0.276. The number of aryl methyl sites for hydroxylation is 1. The van der Waals surface area contributed by atoms with Gasteiger partial charge < -0.3 is 16.0 Å². The Hall–Kier alpha value is -4.78. The molecule has 35 heavy (non-hydrogen) atoms. The van der Waals surface area contributed by atoms with Crippen molar-refractivity contribution in [3.63, 3.8) is 0 Å². The molecule has 0 aliphatic heterocycles. The Balaban J connectivity index is 1.21. The number of aromatic nitrogens is 3. The van der Waals surface area contributed by atoms with Crippen LogP contribution < -0.4 is 16.0 Å². The number of nitrogens with one attached hydrogen (secondary N) is 3. The highest BCUT2D eigenvalue weighted by Crippen LogP contribution is 2.22. The van der Waals surface area contributed by atoms with Gasteiger partial charge in [0.15, 0.2) is 0 Å². The first-order valence-electron chi connectivity index (χ1n) is 11.3. The Kier molecular flexibility index (Phi) is 6.30. The number of fused-ring (bicyclic) bond motifs is 1. The summed E-state index contributed by atoms with van der Waals surface area (Å²) in [6.45, 7) is 2.01. The molecule has 0 saturated heterocycles. The molecule has 2 heterocycles. The van der Waals surface area contributed by atoms with Crippen LogP contribution in [0.25, 0.3) is 10.8 Å². The van der Waals surface area contributed by atoms with E-state index in [-0.39, 0.29) is 5.91 Å². The fourth-order valence-electron chi connectivity index (χ4n) is 3.84. The maximum absolute atomic E-state index is 12.7. The van der Waals surface area contributed by atoms with Crippen LogP contribution in [-0.2, 0) is 11.2 Å². The number of hydrogen-bond acceptors (Lipinski definition) is 6. The molecule has 0 spiro atoms. The number of amides is 1. The number of benzene rings is 3. The first kappa shape index (κ1) is 22.0. The van der Waals surface area contributed by atoms with E-state index in [0.29, 0.717) is 18.1 Å². The predicted molar refractivity (Wildman–Crippen MR) is 140 cm³/mol. The van der Waals surface area contributed by atoms with E-state index in [1.807, 2.05) is 79.7 Å². The summed E-state index contributed by atoms with van der Waals surface area (Å²) in [5, 5.41) is 11.6. The topological polar surface area (TPSA) is 91.8 Å². The highest BCUT2D eigenvalue weighted by molar-refractivity contribution is 5.96. The second-order valence-corrected chi connectivity index (χ2v) is 8.20. The second kappa shape index (κ2) is 10.0. The SMILES string of the molecule is Cc1ccnc(Nc2cc(Nc3ccc(NC(=O)Cc4cccc5ccccc45)cc3)ncn2)c1. The van der Waals surface area contributed by atoms with Crippen LogP contribution in [0.2, 0.25) is 0 Å². The lowest BCUT2D eigenvalue weighted by Crippen LogP contribution is -2.14. The molecule has 5 rings (SSSR count). The minimum absolute atomic E-state index is 0.0571. The molecule has 1 amide bonds. The van der Waals surface area contributed by atoms with E-state index in [1.54, 1.807) is 6.20 Å². The number of nitrogens with zero attached hydrogens (tertiary/aromatic N) is 3. The van der Waals surface area contributed by atoms with Gasteiger partial charge in [0, 0.05) is 23.6 Å². The summed E-state index contributed by atoms with van der Waals surface area (Å²) in [4.78, 5) is 25.5. The van der Waals surface area contributed by atoms with Crippen molar-refractivity contribution >= 4 is 45.5 Å². The van der Waals surface area contributed by atoms with Crippen LogP contribution in [0.4, 0.5) is 28.8 Å². The van der Waals surface area contributed by atoms with E-state index in [9.17, 15) is 4.79 Å². The molecule has 0 fully saturated rings. The van der Waals surface area contributed by atoms with Crippen LogP contribution >= 0.6 is 0 Å². The van der Waals surface area contributed by atoms with Gasteiger partial charge in [-0.25, -0.2) is 15.0 Å². The fraction of sp³-hybridized carbons (Fsp3) is 0.0714. The Morgan fingerprint density at radius 1 is 0.743 bits per heavy atom. The maximum atomic E-state index is 12.7. The summed E-state index contributed by atoms with van der Waals surface area (Å²) < 4.78 is 0. The molecule has 0 aliphatic carbocycles. The molecule has 0 unspecified atom stereocenters. The highest BCUT2D eigenvalue weighted by Gasteiger charge is 2.08. The number of carbonyl (C=O) groups excluding carboxylic acids is 1. The zero-order chi connectivity index (χ0) is 24.0. The van der Waals surface area contributed by atoms with Crippen molar-refractivity contribution in [2.45, 2.75) is 13.3 Å². The van der Waals surface area contributed by atoms with Crippen molar-refractivity contribution in [3.8, 4) is 0 Å². The van der Waals surface area contributed by atoms with Gasteiger partial charge in [-0.3, -0.25) is 4.79 Å². The smallest absolute Gasteiger partial charge is 0.228 e. The van der Waals surface area contributed by atoms with Crippen molar-refractivity contribution in [1.82, 2.24) is 15.0 Å². The van der Waals surface area contributed by atoms with Crippen molar-refractivity contribution in [3.05, 3.63) is 109 Å². The third kappa shape index (κ3) is 5.59. The average molecular weight is 461 g/mol. The number of anilines is 5. The summed E-state index contributed by atoms with van der Waals surface area (Å²) in [7, 11) is 0. The van der Waals surface area contributed by atoms with Gasteiger partial charge in [0.1, 0.15) is 23.8 Å². The summed E-state index contributed by atoms with van der Waals surface area (Å²) in [5.41, 5.74) is 3.69. The van der Waals surface area contributed by atoms with Gasteiger partial charge in [-0.15, -0.1) is 0 Å². The van der Waals surface area contributed by atoms with E-state index < -0.39 is 0 Å². The largest absolute Gasteiger partial charge is 0.340 e. The first-order valence-corrected chi connectivity index (χ1v) is 11.3. The van der Waals surface area contributed by atoms with Gasteiger partial charge in [-0.2, -0.15) is 0 Å². The summed E-state index contributed by atoms with van der Waals surface area (Å²) in [6.07, 6.45) is 3.55. The third-order valence-corrected chi connectivity index (χ3v) is 5.51. The molecule has 0 aliphatic rings. The zero-order valence-electron chi connectivity index (χ0n) is 19.2. The van der Waals surface area contributed by atoms with Crippen LogP contribution in [0.3, 0.4) is 0 Å². The van der Waals surface area contributed by atoms with Crippen LogP contribution in [0.15, 0.2) is 97.5 Å². The lowest BCUT2D eigenvalue weighted by atomic mass is 10.0. The molecule has 0 saturated carbocycles. The molecule has 7 nitrogen and oxygen atoms in total. The molecular formula is C28H24N6O. The Labute approximate surface area is 203 Å². The predicted octanol–water partition coefficient (Wildman–Crippen LogP) is 6.00. The molecule has 0 bridgehead atoms. The van der Waals surface area contributed by atoms with Crippen LogP contribution in [-0.4, -0.2) is 20.9 Å². The minimum atomic E-state index is -0.0571. The third-order valence-electron chi connectivity index (χ3n) is 5.51. The van der Waals surface area contributed by atoms with Gasteiger partial charge in [0.2, 0.25) is 5.91 Å². The molecule has 0 radical (unpaired) electrons. The van der Waals surface area contributed by atoms with E-state index in [2.05, 4.69) is 43.0 Å². The van der Waals surface area contributed by atoms with Gasteiger partial charge in [-0.05, 0) is 65.2 Å². The highest BCUT2D eigenvalue weighted by atomic mass is 16.1. The molecule has 2 aromatic heterocycles. The second-order valence-electron chi connectivity index (χ2n) is 8.20. The average Bonchev–Trinajstić information content (AvgIpc) is 2.86. The van der Waals surface area contributed by atoms with Crippen LogP contribution in [0.5, 0.6) is 0 Å². The number of carbonyl (C=O) groups is 1.